The average Bonchev–Trinajstić information content (AvgIpc) is 2.66. The standard InChI is InChI=1S/C24H31NO5/c1-6-7-8-9-20(26)29-19-12-16(22(27)21(25)15(2)3)10-11-18(19)30-23(28)17-13-24(4,5)14-17/h6,8-12,15,17,21H,1,7,13-14,25H2,2-5H3/b9-8+. The Morgan fingerprint density at radius 2 is 1.87 bits per heavy atom. The van der Waals surface area contributed by atoms with E-state index in [1.807, 2.05) is 13.8 Å². The minimum absolute atomic E-state index is 0.0111. The third-order valence-electron chi connectivity index (χ3n) is 5.16. The van der Waals surface area contributed by atoms with Crippen LogP contribution in [0.4, 0.5) is 0 Å². The van der Waals surface area contributed by atoms with Crippen LogP contribution in [0.2, 0.25) is 0 Å². The number of ketones is 1. The fraction of sp³-hybridized carbons (Fsp3) is 0.458. The number of allylic oxidation sites excluding steroid dienone is 2. The Bertz CT molecular complexity index is 845. The topological polar surface area (TPSA) is 95.7 Å². The van der Waals surface area contributed by atoms with E-state index in [1.165, 1.54) is 24.3 Å². The van der Waals surface area contributed by atoms with Gasteiger partial charge in [-0.3, -0.25) is 9.59 Å². The van der Waals surface area contributed by atoms with Crippen LogP contribution >= 0.6 is 0 Å². The summed E-state index contributed by atoms with van der Waals surface area (Å²) >= 11 is 0. The molecule has 6 heteroatoms. The number of hydrogen-bond donors (Lipinski definition) is 1. The van der Waals surface area contributed by atoms with E-state index in [4.69, 9.17) is 15.2 Å². The lowest BCUT2D eigenvalue weighted by molar-refractivity contribution is -0.146. The first kappa shape index (κ1) is 23.5. The third kappa shape index (κ3) is 6.13. The molecule has 0 heterocycles. The van der Waals surface area contributed by atoms with E-state index >= 15 is 0 Å². The molecule has 0 radical (unpaired) electrons. The molecule has 1 aliphatic rings. The maximum absolute atomic E-state index is 12.6. The van der Waals surface area contributed by atoms with Gasteiger partial charge in [-0.1, -0.05) is 39.8 Å². The van der Waals surface area contributed by atoms with Crippen LogP contribution in [0.1, 0.15) is 57.3 Å². The summed E-state index contributed by atoms with van der Waals surface area (Å²) in [5.74, 6) is -1.41. The highest BCUT2D eigenvalue weighted by Gasteiger charge is 2.41. The van der Waals surface area contributed by atoms with Crippen LogP contribution in [0.5, 0.6) is 11.5 Å². The first-order chi connectivity index (χ1) is 14.0. The lowest BCUT2D eigenvalue weighted by Gasteiger charge is -2.40. The van der Waals surface area contributed by atoms with Crippen LogP contribution in [0, 0.1) is 17.3 Å². The van der Waals surface area contributed by atoms with Gasteiger partial charge in [0.2, 0.25) is 0 Å². The second-order valence-electron chi connectivity index (χ2n) is 8.83. The number of benzene rings is 1. The quantitative estimate of drug-likeness (QED) is 0.214. The Hall–Kier alpha value is -2.73. The molecule has 1 aromatic carbocycles. The number of hydrogen-bond acceptors (Lipinski definition) is 6. The molecular weight excluding hydrogens is 382 g/mol. The van der Waals surface area contributed by atoms with Crippen LogP contribution < -0.4 is 15.2 Å². The van der Waals surface area contributed by atoms with Gasteiger partial charge in [0.25, 0.3) is 0 Å². The van der Waals surface area contributed by atoms with Crippen molar-refractivity contribution in [2.24, 2.45) is 23.0 Å². The fourth-order valence-corrected chi connectivity index (χ4v) is 3.36. The minimum atomic E-state index is -0.688. The van der Waals surface area contributed by atoms with Crippen LogP contribution in [-0.4, -0.2) is 23.8 Å². The lowest BCUT2D eigenvalue weighted by atomic mass is 9.64. The van der Waals surface area contributed by atoms with Gasteiger partial charge in [-0.05, 0) is 48.8 Å². The molecule has 6 nitrogen and oxygen atoms in total. The second-order valence-corrected chi connectivity index (χ2v) is 8.83. The predicted octanol–water partition coefficient (Wildman–Crippen LogP) is 4.23. The first-order valence-corrected chi connectivity index (χ1v) is 10.2. The van der Waals surface area contributed by atoms with Crippen LogP contribution in [0.25, 0.3) is 0 Å². The predicted molar refractivity (Wildman–Crippen MR) is 115 cm³/mol. The number of Topliss-reactive ketones (excluding diaryl/α,β-unsaturated/α-hetero) is 1. The van der Waals surface area contributed by atoms with Crippen molar-refractivity contribution in [3.8, 4) is 11.5 Å². The highest BCUT2D eigenvalue weighted by molar-refractivity contribution is 6.01. The summed E-state index contributed by atoms with van der Waals surface area (Å²) in [5.41, 5.74) is 6.38. The van der Waals surface area contributed by atoms with Crippen molar-refractivity contribution < 1.29 is 23.9 Å². The van der Waals surface area contributed by atoms with Gasteiger partial charge in [0.05, 0.1) is 12.0 Å². The molecule has 1 aliphatic carbocycles. The maximum Gasteiger partial charge on any atom is 0.335 e. The molecule has 162 valence electrons. The van der Waals surface area contributed by atoms with E-state index in [2.05, 4.69) is 20.4 Å². The van der Waals surface area contributed by atoms with E-state index < -0.39 is 12.0 Å². The van der Waals surface area contributed by atoms with Crippen LogP contribution in [-0.2, 0) is 9.59 Å². The van der Waals surface area contributed by atoms with Crippen molar-refractivity contribution in [2.45, 2.75) is 53.0 Å². The van der Waals surface area contributed by atoms with Gasteiger partial charge in [-0.15, -0.1) is 6.58 Å². The van der Waals surface area contributed by atoms with Gasteiger partial charge in [0.1, 0.15) is 0 Å². The molecule has 0 bridgehead atoms. The minimum Gasteiger partial charge on any atom is -0.422 e. The van der Waals surface area contributed by atoms with E-state index in [0.29, 0.717) is 12.0 Å². The largest absolute Gasteiger partial charge is 0.422 e. The average molecular weight is 414 g/mol. The molecule has 0 spiro atoms. The summed E-state index contributed by atoms with van der Waals surface area (Å²) in [6.07, 6.45) is 6.49. The van der Waals surface area contributed by atoms with Crippen molar-refractivity contribution >= 4 is 17.7 Å². The van der Waals surface area contributed by atoms with E-state index in [0.717, 1.165) is 12.8 Å². The van der Waals surface area contributed by atoms with Gasteiger partial charge in [0.15, 0.2) is 17.3 Å². The van der Waals surface area contributed by atoms with Crippen LogP contribution in [0.3, 0.4) is 0 Å². The molecule has 0 amide bonds. The SMILES string of the molecule is C=CC/C=C/C(=O)Oc1cc(C(=O)C(N)C(C)C)ccc1OC(=O)C1CC(C)(C)C1. The number of esters is 2. The normalized spacial score (nSPS) is 16.7. The van der Waals surface area contributed by atoms with Crippen molar-refractivity contribution in [3.63, 3.8) is 0 Å². The third-order valence-corrected chi connectivity index (χ3v) is 5.16. The molecule has 0 aliphatic heterocycles. The van der Waals surface area contributed by atoms with Crippen molar-refractivity contribution in [1.82, 2.24) is 0 Å². The summed E-state index contributed by atoms with van der Waals surface area (Å²) < 4.78 is 10.9. The summed E-state index contributed by atoms with van der Waals surface area (Å²) in [5, 5.41) is 0. The van der Waals surface area contributed by atoms with Crippen molar-refractivity contribution in [3.05, 3.63) is 48.6 Å². The smallest absolute Gasteiger partial charge is 0.335 e. The van der Waals surface area contributed by atoms with Crippen molar-refractivity contribution in [1.29, 1.82) is 0 Å². The number of nitrogens with two attached hydrogens (primary N) is 1. The Kier molecular flexibility index (Phi) is 7.73. The molecule has 1 fully saturated rings. The summed E-state index contributed by atoms with van der Waals surface area (Å²) in [7, 11) is 0. The molecule has 0 aromatic heterocycles. The molecule has 0 saturated heterocycles. The Morgan fingerprint density at radius 1 is 1.20 bits per heavy atom. The van der Waals surface area contributed by atoms with Gasteiger partial charge < -0.3 is 15.2 Å². The van der Waals surface area contributed by atoms with E-state index in [9.17, 15) is 14.4 Å². The first-order valence-electron chi connectivity index (χ1n) is 10.2. The fourth-order valence-electron chi connectivity index (χ4n) is 3.36. The molecule has 1 aromatic rings. The number of rotatable bonds is 9. The number of ether oxygens (including phenoxy) is 2. The molecule has 1 atom stereocenters. The van der Waals surface area contributed by atoms with Gasteiger partial charge in [-0.25, -0.2) is 4.79 Å². The van der Waals surface area contributed by atoms with Gasteiger partial charge in [0, 0.05) is 11.6 Å². The maximum atomic E-state index is 12.6. The van der Waals surface area contributed by atoms with Gasteiger partial charge in [-0.2, -0.15) is 0 Å². The Balaban J connectivity index is 2.25. The molecule has 1 saturated carbocycles. The lowest BCUT2D eigenvalue weighted by Crippen LogP contribution is -2.38. The highest BCUT2D eigenvalue weighted by Crippen LogP contribution is 2.45. The second kappa shape index (κ2) is 9.85. The number of carbonyl (C=O) groups is 3. The molecule has 1 unspecified atom stereocenters. The summed E-state index contributed by atoms with van der Waals surface area (Å²) in [4.78, 5) is 37.2. The monoisotopic (exact) mass is 413 g/mol. The summed E-state index contributed by atoms with van der Waals surface area (Å²) in [6.45, 7) is 11.5. The number of carbonyl (C=O) groups excluding carboxylic acids is 3. The Morgan fingerprint density at radius 3 is 2.43 bits per heavy atom. The highest BCUT2D eigenvalue weighted by atomic mass is 16.6. The molecule has 2 rings (SSSR count). The molecule has 2 N–H and O–H groups in total. The zero-order valence-corrected chi connectivity index (χ0v) is 18.1. The van der Waals surface area contributed by atoms with E-state index in [1.54, 1.807) is 12.2 Å². The van der Waals surface area contributed by atoms with Crippen molar-refractivity contribution in [2.75, 3.05) is 0 Å². The summed E-state index contributed by atoms with van der Waals surface area (Å²) in [6, 6.07) is 3.71. The zero-order chi connectivity index (χ0) is 22.5. The molecule has 30 heavy (non-hydrogen) atoms. The molecular formula is C24H31NO5. The Labute approximate surface area is 178 Å². The van der Waals surface area contributed by atoms with E-state index in [-0.39, 0.29) is 40.5 Å². The van der Waals surface area contributed by atoms with Gasteiger partial charge >= 0.3 is 11.9 Å². The zero-order valence-electron chi connectivity index (χ0n) is 18.1. The van der Waals surface area contributed by atoms with Crippen LogP contribution in [0.15, 0.2) is 43.0 Å².